The van der Waals surface area contributed by atoms with Crippen LogP contribution in [0.3, 0.4) is 0 Å². The second-order valence-corrected chi connectivity index (χ2v) is 9.41. The Balaban J connectivity index is 1.21. The molecule has 0 unspecified atom stereocenters. The first-order valence-electron chi connectivity index (χ1n) is 12.5. The first-order valence-corrected chi connectivity index (χ1v) is 12.5. The molecule has 9 nitrogen and oxygen atoms in total. The zero-order chi connectivity index (χ0) is 25.2. The third-order valence-corrected chi connectivity index (χ3v) is 6.94. The third-order valence-electron chi connectivity index (χ3n) is 6.94. The Morgan fingerprint density at radius 3 is 2.65 bits per heavy atom. The van der Waals surface area contributed by atoms with Crippen LogP contribution in [0.25, 0.3) is 16.4 Å². The van der Waals surface area contributed by atoms with Gasteiger partial charge in [0.1, 0.15) is 17.7 Å². The van der Waals surface area contributed by atoms with Crippen molar-refractivity contribution in [1.82, 2.24) is 34.2 Å². The smallest absolute Gasteiger partial charge is 0.158 e. The van der Waals surface area contributed by atoms with Gasteiger partial charge in [-0.2, -0.15) is 10.2 Å². The molecule has 0 atom stereocenters. The lowest BCUT2D eigenvalue weighted by Gasteiger charge is -2.34. The Kier molecular flexibility index (Phi) is 6.52. The predicted octanol–water partition coefficient (Wildman–Crippen LogP) is 3.12. The molecule has 1 aliphatic heterocycles. The van der Waals surface area contributed by atoms with Crippen LogP contribution in [0.1, 0.15) is 11.1 Å². The molecule has 190 valence electrons. The zero-order valence-corrected chi connectivity index (χ0v) is 20.5. The standard InChI is InChI=1S/C27H29FN8O/c28-23-3-1-2-20(14-23)17-36-25-5-4-24(15-22(25)16-30-36)32-27-26-21(6-7-35(26)31-19-29-27)18-34-10-8-33(9-11-34)12-13-37/h1-7,14-16,19,37H,8-13,17-18H2,(H,29,31,32). The Morgan fingerprint density at radius 2 is 1.81 bits per heavy atom. The van der Waals surface area contributed by atoms with Gasteiger partial charge >= 0.3 is 0 Å². The topological polar surface area (TPSA) is 86.8 Å². The highest BCUT2D eigenvalue weighted by Gasteiger charge is 2.19. The molecule has 1 fully saturated rings. The summed E-state index contributed by atoms with van der Waals surface area (Å²) in [6.07, 6.45) is 5.36. The van der Waals surface area contributed by atoms with Crippen LogP contribution >= 0.6 is 0 Å². The second kappa shape index (κ2) is 10.3. The van der Waals surface area contributed by atoms with Gasteiger partial charge in [-0.25, -0.2) is 13.9 Å². The van der Waals surface area contributed by atoms with Crippen molar-refractivity contribution in [3.8, 4) is 0 Å². The number of nitrogens with zero attached hydrogens (tertiary/aromatic N) is 7. The van der Waals surface area contributed by atoms with Crippen molar-refractivity contribution in [2.45, 2.75) is 13.1 Å². The van der Waals surface area contributed by atoms with Gasteiger partial charge in [-0.15, -0.1) is 0 Å². The van der Waals surface area contributed by atoms with E-state index in [2.05, 4.69) is 36.4 Å². The number of hydrogen-bond donors (Lipinski definition) is 2. The zero-order valence-electron chi connectivity index (χ0n) is 20.5. The summed E-state index contributed by atoms with van der Waals surface area (Å²) in [7, 11) is 0. The summed E-state index contributed by atoms with van der Waals surface area (Å²) in [5, 5.41) is 22.6. The van der Waals surface area contributed by atoms with Crippen molar-refractivity contribution < 1.29 is 9.50 Å². The minimum atomic E-state index is -0.245. The lowest BCUT2D eigenvalue weighted by molar-refractivity contribution is 0.109. The minimum absolute atomic E-state index is 0.204. The van der Waals surface area contributed by atoms with E-state index in [1.807, 2.05) is 45.9 Å². The summed E-state index contributed by atoms with van der Waals surface area (Å²) in [5.74, 6) is 0.505. The van der Waals surface area contributed by atoms with E-state index >= 15 is 0 Å². The predicted molar refractivity (Wildman–Crippen MR) is 140 cm³/mol. The molecule has 5 aromatic rings. The fourth-order valence-electron chi connectivity index (χ4n) is 5.03. The Bertz CT molecular complexity index is 1520. The van der Waals surface area contributed by atoms with E-state index in [9.17, 15) is 9.50 Å². The summed E-state index contributed by atoms with van der Waals surface area (Å²) in [5.41, 5.74) is 4.88. The number of β-amino-alcohol motifs (C(OH)–C–C–N with tert-alkyl or cyclic N) is 1. The van der Waals surface area contributed by atoms with Crippen molar-refractivity contribution in [2.24, 2.45) is 0 Å². The molecule has 37 heavy (non-hydrogen) atoms. The van der Waals surface area contributed by atoms with Crippen molar-refractivity contribution in [1.29, 1.82) is 0 Å². The third kappa shape index (κ3) is 5.04. The number of piperazine rings is 1. The molecule has 0 amide bonds. The molecule has 4 heterocycles. The highest BCUT2D eigenvalue weighted by molar-refractivity contribution is 5.85. The number of aromatic nitrogens is 5. The molecule has 0 bridgehead atoms. The van der Waals surface area contributed by atoms with Crippen LogP contribution in [0.2, 0.25) is 0 Å². The summed E-state index contributed by atoms with van der Waals surface area (Å²) >= 11 is 0. The van der Waals surface area contributed by atoms with Crippen molar-refractivity contribution >= 4 is 27.9 Å². The van der Waals surface area contributed by atoms with Gasteiger partial charge in [0.25, 0.3) is 0 Å². The summed E-state index contributed by atoms with van der Waals surface area (Å²) in [4.78, 5) is 9.28. The van der Waals surface area contributed by atoms with Crippen molar-refractivity contribution in [2.75, 3.05) is 44.6 Å². The number of fused-ring (bicyclic) bond motifs is 2. The van der Waals surface area contributed by atoms with E-state index in [-0.39, 0.29) is 12.4 Å². The molecule has 1 saturated heterocycles. The number of hydrogen-bond acceptors (Lipinski definition) is 7. The van der Waals surface area contributed by atoms with Crippen LogP contribution in [0.15, 0.2) is 67.3 Å². The van der Waals surface area contributed by atoms with Gasteiger partial charge in [-0.3, -0.25) is 14.5 Å². The van der Waals surface area contributed by atoms with Crippen LogP contribution in [0.5, 0.6) is 0 Å². The highest BCUT2D eigenvalue weighted by Crippen LogP contribution is 2.27. The average molecular weight is 501 g/mol. The molecule has 0 saturated carbocycles. The quantitative estimate of drug-likeness (QED) is 0.339. The fraction of sp³-hybridized carbons (Fsp3) is 0.296. The molecule has 2 aromatic carbocycles. The molecule has 0 spiro atoms. The first kappa shape index (κ1) is 23.5. The second-order valence-electron chi connectivity index (χ2n) is 9.41. The fourth-order valence-corrected chi connectivity index (χ4v) is 5.03. The lowest BCUT2D eigenvalue weighted by Crippen LogP contribution is -2.46. The monoisotopic (exact) mass is 500 g/mol. The Labute approximate surface area is 213 Å². The van der Waals surface area contributed by atoms with E-state index in [1.54, 1.807) is 12.4 Å². The molecular formula is C27H29FN8O. The molecule has 2 N–H and O–H groups in total. The van der Waals surface area contributed by atoms with E-state index < -0.39 is 0 Å². The largest absolute Gasteiger partial charge is 0.395 e. The average Bonchev–Trinajstić information content (AvgIpc) is 3.50. The van der Waals surface area contributed by atoms with E-state index in [1.165, 1.54) is 17.7 Å². The van der Waals surface area contributed by atoms with Gasteiger partial charge in [0, 0.05) is 56.5 Å². The number of aliphatic hydroxyl groups is 1. The Hall–Kier alpha value is -3.86. The van der Waals surface area contributed by atoms with Crippen LogP contribution in [0, 0.1) is 5.82 Å². The summed E-state index contributed by atoms with van der Waals surface area (Å²) in [6.45, 7) is 6.10. The normalized spacial score (nSPS) is 15.1. The van der Waals surface area contributed by atoms with Gasteiger partial charge in [-0.1, -0.05) is 12.1 Å². The van der Waals surface area contributed by atoms with E-state index in [0.29, 0.717) is 6.54 Å². The number of aliphatic hydroxyl groups excluding tert-OH is 1. The van der Waals surface area contributed by atoms with Gasteiger partial charge in [-0.05, 0) is 47.5 Å². The molecule has 3 aromatic heterocycles. The minimum Gasteiger partial charge on any atom is -0.395 e. The van der Waals surface area contributed by atoms with Crippen molar-refractivity contribution in [3.63, 3.8) is 0 Å². The molecule has 0 radical (unpaired) electrons. The van der Waals surface area contributed by atoms with Gasteiger partial charge in [0.2, 0.25) is 0 Å². The van der Waals surface area contributed by atoms with Crippen LogP contribution in [0.4, 0.5) is 15.9 Å². The summed E-state index contributed by atoms with van der Waals surface area (Å²) in [6, 6.07) is 14.8. The number of halogens is 1. The number of anilines is 2. The van der Waals surface area contributed by atoms with Crippen molar-refractivity contribution in [3.05, 3.63) is 84.2 Å². The molecule has 10 heteroatoms. The number of nitrogens with one attached hydrogen (secondary N) is 1. The van der Waals surface area contributed by atoms with Crippen LogP contribution in [-0.2, 0) is 13.1 Å². The highest BCUT2D eigenvalue weighted by atomic mass is 19.1. The SMILES string of the molecule is OCCN1CCN(Cc2ccn3ncnc(Nc4ccc5c(cnn5Cc5cccc(F)c5)c4)c23)CC1. The molecule has 0 aliphatic carbocycles. The maximum atomic E-state index is 13.6. The maximum absolute atomic E-state index is 13.6. The molecule has 6 rings (SSSR count). The van der Waals surface area contributed by atoms with Gasteiger partial charge in [0.15, 0.2) is 5.82 Å². The van der Waals surface area contributed by atoms with Gasteiger partial charge < -0.3 is 10.4 Å². The lowest BCUT2D eigenvalue weighted by atomic mass is 10.2. The first-order chi connectivity index (χ1) is 18.2. The number of benzene rings is 2. The summed E-state index contributed by atoms with van der Waals surface area (Å²) < 4.78 is 17.3. The van der Waals surface area contributed by atoms with Crippen LogP contribution in [-0.4, -0.2) is 78.6 Å². The number of rotatable bonds is 8. The molecule has 1 aliphatic rings. The van der Waals surface area contributed by atoms with E-state index in [0.717, 1.165) is 72.8 Å². The van der Waals surface area contributed by atoms with E-state index in [4.69, 9.17) is 0 Å². The maximum Gasteiger partial charge on any atom is 0.158 e. The Morgan fingerprint density at radius 1 is 0.946 bits per heavy atom. The van der Waals surface area contributed by atoms with Crippen LogP contribution < -0.4 is 5.32 Å². The molecular weight excluding hydrogens is 471 g/mol. The van der Waals surface area contributed by atoms with Gasteiger partial charge in [0.05, 0.1) is 24.9 Å².